The smallest absolute Gasteiger partial charge is 0.203 e. The van der Waals surface area contributed by atoms with Gasteiger partial charge in [-0.1, -0.05) is 12.1 Å². The highest BCUT2D eigenvalue weighted by Crippen LogP contribution is 2.46. The fraction of sp³-hybridized carbons (Fsp3) is 0.368. The second-order valence-electron chi connectivity index (χ2n) is 5.55. The van der Waals surface area contributed by atoms with Crippen molar-refractivity contribution in [3.05, 3.63) is 41.5 Å². The molecule has 1 heterocycles. The van der Waals surface area contributed by atoms with E-state index in [1.54, 1.807) is 28.4 Å². The third-order valence-electron chi connectivity index (χ3n) is 4.30. The number of methoxy groups -OCH3 is 4. The van der Waals surface area contributed by atoms with Crippen LogP contribution < -0.4 is 23.7 Å². The van der Waals surface area contributed by atoms with E-state index in [9.17, 15) is 0 Å². The molecule has 5 heteroatoms. The number of hydrogen-bond donors (Lipinski definition) is 0. The topological polar surface area (TPSA) is 46.2 Å². The Morgan fingerprint density at radius 2 is 1.54 bits per heavy atom. The Hall–Kier alpha value is -2.56. The minimum absolute atomic E-state index is 0.0710. The summed E-state index contributed by atoms with van der Waals surface area (Å²) in [5.41, 5.74) is 2.17. The molecule has 0 saturated heterocycles. The van der Waals surface area contributed by atoms with Gasteiger partial charge in [-0.25, -0.2) is 0 Å². The molecule has 2 aromatic rings. The van der Waals surface area contributed by atoms with Crippen molar-refractivity contribution in [2.24, 2.45) is 0 Å². The molecule has 3 rings (SSSR count). The van der Waals surface area contributed by atoms with Crippen LogP contribution in [0.2, 0.25) is 0 Å². The van der Waals surface area contributed by atoms with Crippen LogP contribution in [0.1, 0.15) is 23.7 Å². The first-order valence-electron chi connectivity index (χ1n) is 7.84. The van der Waals surface area contributed by atoms with Gasteiger partial charge in [0, 0.05) is 0 Å². The van der Waals surface area contributed by atoms with E-state index in [0.29, 0.717) is 23.0 Å². The molecule has 0 amide bonds. The third-order valence-corrected chi connectivity index (χ3v) is 4.30. The highest BCUT2D eigenvalue weighted by molar-refractivity contribution is 5.57. The summed E-state index contributed by atoms with van der Waals surface area (Å²) in [5, 5.41) is 0. The summed E-state index contributed by atoms with van der Waals surface area (Å²) < 4.78 is 27.8. The second kappa shape index (κ2) is 6.91. The Kier molecular flexibility index (Phi) is 4.69. The lowest BCUT2D eigenvalue weighted by molar-refractivity contribution is 0.166. The van der Waals surface area contributed by atoms with Crippen LogP contribution in [0, 0.1) is 0 Å². The van der Waals surface area contributed by atoms with E-state index in [4.69, 9.17) is 23.7 Å². The van der Waals surface area contributed by atoms with Crippen molar-refractivity contribution in [3.8, 4) is 28.7 Å². The van der Waals surface area contributed by atoms with Crippen LogP contribution in [0.25, 0.3) is 0 Å². The van der Waals surface area contributed by atoms with Crippen molar-refractivity contribution in [3.63, 3.8) is 0 Å². The SMILES string of the molecule is COc1ccc(C2CCc3ccc(OC)c(OC)c3O2)cc1OC. The van der Waals surface area contributed by atoms with Crippen molar-refractivity contribution < 1.29 is 23.7 Å². The van der Waals surface area contributed by atoms with Crippen LogP contribution in [0.3, 0.4) is 0 Å². The lowest BCUT2D eigenvalue weighted by Crippen LogP contribution is -2.16. The molecular weight excluding hydrogens is 308 g/mol. The summed E-state index contributed by atoms with van der Waals surface area (Å²) in [6.45, 7) is 0. The molecule has 1 unspecified atom stereocenters. The van der Waals surface area contributed by atoms with Crippen LogP contribution in [0.5, 0.6) is 28.7 Å². The summed E-state index contributed by atoms with van der Waals surface area (Å²) in [7, 11) is 6.51. The molecule has 5 nitrogen and oxygen atoms in total. The van der Waals surface area contributed by atoms with Crippen LogP contribution in [0.4, 0.5) is 0 Å². The average molecular weight is 330 g/mol. The maximum absolute atomic E-state index is 6.25. The lowest BCUT2D eigenvalue weighted by Gasteiger charge is -2.28. The lowest BCUT2D eigenvalue weighted by atomic mass is 9.96. The number of rotatable bonds is 5. The van der Waals surface area contributed by atoms with Gasteiger partial charge in [-0.2, -0.15) is 0 Å². The summed E-state index contributed by atoms with van der Waals surface area (Å²) in [4.78, 5) is 0. The first-order valence-corrected chi connectivity index (χ1v) is 7.84. The van der Waals surface area contributed by atoms with Crippen molar-refractivity contribution in [2.45, 2.75) is 18.9 Å². The molecule has 128 valence electrons. The van der Waals surface area contributed by atoms with Gasteiger partial charge in [-0.15, -0.1) is 0 Å². The predicted octanol–water partition coefficient (Wildman–Crippen LogP) is 3.79. The number of aryl methyl sites for hydroxylation is 1. The molecule has 0 spiro atoms. The molecule has 0 bridgehead atoms. The quantitative estimate of drug-likeness (QED) is 0.835. The Morgan fingerprint density at radius 3 is 2.21 bits per heavy atom. The van der Waals surface area contributed by atoms with Gasteiger partial charge in [0.15, 0.2) is 23.0 Å². The molecule has 0 fully saturated rings. The molecule has 1 atom stereocenters. The summed E-state index contributed by atoms with van der Waals surface area (Å²) in [6.07, 6.45) is 1.73. The molecule has 0 N–H and O–H groups in total. The van der Waals surface area contributed by atoms with E-state index in [1.807, 2.05) is 30.3 Å². The number of hydrogen-bond acceptors (Lipinski definition) is 5. The van der Waals surface area contributed by atoms with E-state index in [-0.39, 0.29) is 6.10 Å². The van der Waals surface area contributed by atoms with Gasteiger partial charge in [-0.05, 0) is 42.2 Å². The van der Waals surface area contributed by atoms with Gasteiger partial charge < -0.3 is 23.7 Å². The van der Waals surface area contributed by atoms with E-state index in [0.717, 1.165) is 29.7 Å². The van der Waals surface area contributed by atoms with Crippen molar-refractivity contribution in [1.82, 2.24) is 0 Å². The van der Waals surface area contributed by atoms with E-state index in [2.05, 4.69) is 0 Å². The van der Waals surface area contributed by atoms with Gasteiger partial charge in [-0.3, -0.25) is 0 Å². The zero-order valence-corrected chi connectivity index (χ0v) is 14.4. The molecule has 24 heavy (non-hydrogen) atoms. The van der Waals surface area contributed by atoms with E-state index >= 15 is 0 Å². The van der Waals surface area contributed by atoms with Crippen LogP contribution >= 0.6 is 0 Å². The van der Waals surface area contributed by atoms with Crippen LogP contribution in [-0.4, -0.2) is 28.4 Å². The zero-order valence-electron chi connectivity index (χ0n) is 14.4. The van der Waals surface area contributed by atoms with Crippen molar-refractivity contribution in [1.29, 1.82) is 0 Å². The Balaban J connectivity index is 1.95. The maximum Gasteiger partial charge on any atom is 0.203 e. The second-order valence-corrected chi connectivity index (χ2v) is 5.55. The normalized spacial score (nSPS) is 15.9. The Morgan fingerprint density at radius 1 is 0.833 bits per heavy atom. The van der Waals surface area contributed by atoms with E-state index < -0.39 is 0 Å². The molecule has 1 aliphatic rings. The van der Waals surface area contributed by atoms with Gasteiger partial charge in [0.25, 0.3) is 0 Å². The highest BCUT2D eigenvalue weighted by atomic mass is 16.5. The fourth-order valence-corrected chi connectivity index (χ4v) is 3.04. The highest BCUT2D eigenvalue weighted by Gasteiger charge is 2.27. The zero-order chi connectivity index (χ0) is 17.1. The van der Waals surface area contributed by atoms with Gasteiger partial charge >= 0.3 is 0 Å². The molecule has 0 aliphatic carbocycles. The van der Waals surface area contributed by atoms with Crippen molar-refractivity contribution >= 4 is 0 Å². The van der Waals surface area contributed by atoms with E-state index in [1.165, 1.54) is 0 Å². The first kappa shape index (κ1) is 16.3. The minimum Gasteiger partial charge on any atom is -0.493 e. The third kappa shape index (κ3) is 2.82. The number of fused-ring (bicyclic) bond motifs is 1. The molecular formula is C19H22O5. The first-order chi connectivity index (χ1) is 11.7. The summed E-state index contributed by atoms with van der Waals surface area (Å²) >= 11 is 0. The number of benzene rings is 2. The summed E-state index contributed by atoms with van der Waals surface area (Å²) in [5.74, 6) is 3.46. The molecule has 0 saturated carbocycles. The standard InChI is InChI=1S/C19H22O5/c1-20-15-9-7-13(11-17(15)22-3)14-8-5-12-6-10-16(21-2)19(23-4)18(12)24-14/h6-7,9-11,14H,5,8H2,1-4H3. The molecule has 0 radical (unpaired) electrons. The molecule has 2 aromatic carbocycles. The van der Waals surface area contributed by atoms with Crippen LogP contribution in [0.15, 0.2) is 30.3 Å². The minimum atomic E-state index is -0.0710. The molecule has 0 aromatic heterocycles. The van der Waals surface area contributed by atoms with Gasteiger partial charge in [0.05, 0.1) is 28.4 Å². The van der Waals surface area contributed by atoms with Crippen LogP contribution in [-0.2, 0) is 6.42 Å². The summed E-state index contributed by atoms with van der Waals surface area (Å²) in [6, 6.07) is 9.81. The predicted molar refractivity (Wildman–Crippen MR) is 90.8 cm³/mol. The van der Waals surface area contributed by atoms with Gasteiger partial charge in [0.2, 0.25) is 5.75 Å². The van der Waals surface area contributed by atoms with Gasteiger partial charge in [0.1, 0.15) is 6.10 Å². The largest absolute Gasteiger partial charge is 0.493 e. The fourth-order valence-electron chi connectivity index (χ4n) is 3.04. The average Bonchev–Trinajstić information content (AvgIpc) is 2.65. The van der Waals surface area contributed by atoms with Crippen molar-refractivity contribution in [2.75, 3.05) is 28.4 Å². The maximum atomic E-state index is 6.25. The molecule has 1 aliphatic heterocycles. The number of ether oxygens (including phenoxy) is 5. The Bertz CT molecular complexity index is 726. The Labute approximate surface area is 142 Å². The monoisotopic (exact) mass is 330 g/mol.